The molecule has 7 heteroatoms. The molecule has 0 saturated heterocycles. The molecule has 0 N–H and O–H groups in total. The normalized spacial score (nSPS) is 10.4. The molecule has 1 aromatic carbocycles. The summed E-state index contributed by atoms with van der Waals surface area (Å²) >= 11 is 0. The molecule has 110 valence electrons. The molecular formula is C13H19N3O4. The van der Waals surface area contributed by atoms with Crippen molar-refractivity contribution in [1.82, 2.24) is 4.90 Å². The molecule has 0 atom stereocenters. The molecular weight excluding hydrogens is 262 g/mol. The minimum Gasteiger partial charge on any atom is -0.465 e. The highest BCUT2D eigenvalue weighted by Crippen LogP contribution is 2.28. The number of anilines is 1. The fourth-order valence-corrected chi connectivity index (χ4v) is 1.70. The van der Waals surface area contributed by atoms with E-state index in [4.69, 9.17) is 0 Å². The average molecular weight is 281 g/mol. The molecule has 0 aliphatic rings. The summed E-state index contributed by atoms with van der Waals surface area (Å²) in [6.07, 6.45) is 0. The molecule has 1 aromatic rings. The van der Waals surface area contributed by atoms with Crippen LogP contribution in [0, 0.1) is 10.1 Å². The van der Waals surface area contributed by atoms with Crippen molar-refractivity contribution in [3.63, 3.8) is 0 Å². The number of esters is 1. The monoisotopic (exact) mass is 281 g/mol. The molecule has 0 radical (unpaired) electrons. The quantitative estimate of drug-likeness (QED) is 0.445. The van der Waals surface area contributed by atoms with Crippen molar-refractivity contribution in [2.75, 3.05) is 46.2 Å². The number of hydrogen-bond acceptors (Lipinski definition) is 6. The molecule has 0 aliphatic carbocycles. The lowest BCUT2D eigenvalue weighted by atomic mass is 10.1. The van der Waals surface area contributed by atoms with Gasteiger partial charge in [0.15, 0.2) is 0 Å². The maximum absolute atomic E-state index is 11.5. The lowest BCUT2D eigenvalue weighted by Crippen LogP contribution is -2.29. The van der Waals surface area contributed by atoms with Crippen molar-refractivity contribution in [1.29, 1.82) is 0 Å². The summed E-state index contributed by atoms with van der Waals surface area (Å²) in [4.78, 5) is 25.9. The molecule has 0 aromatic heterocycles. The number of likely N-dealkylation sites (N-methyl/N-ethyl adjacent to an activating group) is 2. The average Bonchev–Trinajstić information content (AvgIpc) is 2.42. The largest absolute Gasteiger partial charge is 0.465 e. The number of benzene rings is 1. The summed E-state index contributed by atoms with van der Waals surface area (Å²) in [5.41, 5.74) is 0.670. The minimum atomic E-state index is -0.512. The lowest BCUT2D eigenvalue weighted by molar-refractivity contribution is -0.384. The molecule has 20 heavy (non-hydrogen) atoms. The van der Waals surface area contributed by atoms with Crippen molar-refractivity contribution in [3.8, 4) is 0 Å². The summed E-state index contributed by atoms with van der Waals surface area (Å²) in [5.74, 6) is -0.512. The van der Waals surface area contributed by atoms with Gasteiger partial charge >= 0.3 is 5.97 Å². The molecule has 1 rings (SSSR count). The van der Waals surface area contributed by atoms with Gasteiger partial charge in [0.25, 0.3) is 5.69 Å². The third-order valence-electron chi connectivity index (χ3n) is 2.89. The number of ether oxygens (including phenoxy) is 1. The maximum atomic E-state index is 11.5. The number of nitro groups is 1. The van der Waals surface area contributed by atoms with Gasteiger partial charge in [-0.1, -0.05) is 0 Å². The van der Waals surface area contributed by atoms with Crippen LogP contribution < -0.4 is 4.90 Å². The van der Waals surface area contributed by atoms with Crippen molar-refractivity contribution in [2.24, 2.45) is 0 Å². The highest BCUT2D eigenvalue weighted by atomic mass is 16.6. The summed E-state index contributed by atoms with van der Waals surface area (Å²) in [5, 5.41) is 11.1. The molecule has 0 fully saturated rings. The minimum absolute atomic E-state index is 0.0288. The standard InChI is InChI=1S/C13H19N3O4/c1-14(2)7-8-15(3)12-9-10(13(17)20-4)5-6-11(12)16(18)19/h5-6,9H,7-8H2,1-4H3. The molecule has 0 unspecified atom stereocenters. The Bertz CT molecular complexity index is 502. The Labute approximate surface area is 117 Å². The van der Waals surface area contributed by atoms with Crippen LogP contribution >= 0.6 is 0 Å². The van der Waals surface area contributed by atoms with Gasteiger partial charge in [0.2, 0.25) is 0 Å². The van der Waals surface area contributed by atoms with Gasteiger partial charge in [0.1, 0.15) is 5.69 Å². The smallest absolute Gasteiger partial charge is 0.337 e. The summed E-state index contributed by atoms with van der Waals surface area (Å²) in [7, 11) is 6.88. The van der Waals surface area contributed by atoms with Crippen LogP contribution in [0.2, 0.25) is 0 Å². The van der Waals surface area contributed by atoms with Gasteiger partial charge in [-0.2, -0.15) is 0 Å². The Morgan fingerprint density at radius 3 is 2.45 bits per heavy atom. The number of hydrogen-bond donors (Lipinski definition) is 0. The zero-order valence-electron chi connectivity index (χ0n) is 12.1. The van der Waals surface area contributed by atoms with Crippen LogP contribution in [0.15, 0.2) is 18.2 Å². The number of carbonyl (C=O) groups excluding carboxylic acids is 1. The van der Waals surface area contributed by atoms with Crippen molar-refractivity contribution in [3.05, 3.63) is 33.9 Å². The number of methoxy groups -OCH3 is 1. The molecule has 7 nitrogen and oxygen atoms in total. The van der Waals surface area contributed by atoms with Gasteiger partial charge in [0.05, 0.1) is 17.6 Å². The Balaban J connectivity index is 3.11. The third kappa shape index (κ3) is 3.92. The Kier molecular flexibility index (Phi) is 5.45. The van der Waals surface area contributed by atoms with Crippen molar-refractivity contribution < 1.29 is 14.5 Å². The molecule has 0 heterocycles. The number of nitro benzene ring substituents is 1. The van der Waals surface area contributed by atoms with Crippen molar-refractivity contribution in [2.45, 2.75) is 0 Å². The van der Waals surface area contributed by atoms with E-state index >= 15 is 0 Å². The van der Waals surface area contributed by atoms with Gasteiger partial charge in [-0.25, -0.2) is 4.79 Å². The van der Waals surface area contributed by atoms with Crippen LogP contribution in [0.1, 0.15) is 10.4 Å². The maximum Gasteiger partial charge on any atom is 0.337 e. The van der Waals surface area contributed by atoms with E-state index < -0.39 is 10.9 Å². The third-order valence-corrected chi connectivity index (χ3v) is 2.89. The van der Waals surface area contributed by atoms with E-state index in [-0.39, 0.29) is 5.69 Å². The highest BCUT2D eigenvalue weighted by molar-refractivity contribution is 5.91. The lowest BCUT2D eigenvalue weighted by Gasteiger charge is -2.21. The zero-order valence-corrected chi connectivity index (χ0v) is 12.1. The fourth-order valence-electron chi connectivity index (χ4n) is 1.70. The molecule has 0 saturated carbocycles. The van der Waals surface area contributed by atoms with Crippen LogP contribution in [0.25, 0.3) is 0 Å². The van der Waals surface area contributed by atoms with E-state index in [1.165, 1.54) is 25.3 Å². The summed E-state index contributed by atoms with van der Waals surface area (Å²) in [6.45, 7) is 1.36. The summed E-state index contributed by atoms with van der Waals surface area (Å²) < 4.78 is 4.63. The van der Waals surface area contributed by atoms with Crippen molar-refractivity contribution >= 4 is 17.3 Å². The summed E-state index contributed by atoms with van der Waals surface area (Å²) in [6, 6.07) is 4.21. The van der Waals surface area contributed by atoms with Crippen LogP contribution in [-0.4, -0.2) is 57.1 Å². The van der Waals surface area contributed by atoms with Crippen LogP contribution in [-0.2, 0) is 4.74 Å². The number of nitrogens with zero attached hydrogens (tertiary/aromatic N) is 3. The zero-order chi connectivity index (χ0) is 15.3. The predicted molar refractivity (Wildman–Crippen MR) is 76.3 cm³/mol. The van der Waals surface area contributed by atoms with Crippen LogP contribution in [0.3, 0.4) is 0 Å². The topological polar surface area (TPSA) is 75.9 Å². The first-order valence-electron chi connectivity index (χ1n) is 6.09. The fraction of sp³-hybridized carbons (Fsp3) is 0.462. The first-order chi connectivity index (χ1) is 9.36. The Hall–Kier alpha value is -2.15. The van der Waals surface area contributed by atoms with E-state index in [1.807, 2.05) is 19.0 Å². The van der Waals surface area contributed by atoms with E-state index in [9.17, 15) is 14.9 Å². The first kappa shape index (κ1) is 15.9. The van der Waals surface area contributed by atoms with Gasteiger partial charge in [-0.3, -0.25) is 10.1 Å². The second-order valence-electron chi connectivity index (χ2n) is 4.68. The van der Waals surface area contributed by atoms with E-state index in [0.717, 1.165) is 6.54 Å². The van der Waals surface area contributed by atoms with Gasteiger partial charge in [0, 0.05) is 26.2 Å². The molecule has 0 amide bonds. The van der Waals surface area contributed by atoms with E-state index in [2.05, 4.69) is 4.74 Å². The highest BCUT2D eigenvalue weighted by Gasteiger charge is 2.20. The second kappa shape index (κ2) is 6.85. The van der Waals surface area contributed by atoms with E-state index in [0.29, 0.717) is 17.8 Å². The second-order valence-corrected chi connectivity index (χ2v) is 4.68. The van der Waals surface area contributed by atoms with Crippen LogP contribution in [0.4, 0.5) is 11.4 Å². The molecule has 0 spiro atoms. The molecule has 0 aliphatic heterocycles. The Morgan fingerprint density at radius 1 is 1.30 bits per heavy atom. The predicted octanol–water partition coefficient (Wildman–Crippen LogP) is 1.38. The number of carbonyl (C=O) groups is 1. The van der Waals surface area contributed by atoms with E-state index in [1.54, 1.807) is 11.9 Å². The van der Waals surface area contributed by atoms with Crippen LogP contribution in [0.5, 0.6) is 0 Å². The van der Waals surface area contributed by atoms with Gasteiger partial charge in [-0.05, 0) is 26.2 Å². The Morgan fingerprint density at radius 2 is 1.95 bits per heavy atom. The number of rotatable bonds is 6. The molecule has 0 bridgehead atoms. The first-order valence-corrected chi connectivity index (χ1v) is 6.09. The van der Waals surface area contributed by atoms with Gasteiger partial charge < -0.3 is 14.5 Å². The SMILES string of the molecule is COC(=O)c1ccc([N+](=O)[O-])c(N(C)CCN(C)C)c1. The van der Waals surface area contributed by atoms with Gasteiger partial charge in [-0.15, -0.1) is 0 Å².